The van der Waals surface area contributed by atoms with Gasteiger partial charge in [0.25, 0.3) is 0 Å². The maximum atomic E-state index is 13.1. The summed E-state index contributed by atoms with van der Waals surface area (Å²) < 4.78 is 31.7. The Morgan fingerprint density at radius 1 is 1.08 bits per heavy atom. The maximum absolute atomic E-state index is 13.1. The van der Waals surface area contributed by atoms with E-state index in [-0.39, 0.29) is 24.0 Å². The quantitative estimate of drug-likeness (QED) is 0.260. The van der Waals surface area contributed by atoms with Crippen molar-refractivity contribution in [2.24, 2.45) is 10.9 Å². The number of nitrogens with zero attached hydrogens (tertiary/aromatic N) is 1. The minimum absolute atomic E-state index is 0. The summed E-state index contributed by atoms with van der Waals surface area (Å²) in [5, 5.41) is 6.24. The van der Waals surface area contributed by atoms with Crippen molar-refractivity contribution in [2.45, 2.75) is 26.7 Å². The van der Waals surface area contributed by atoms with Crippen molar-refractivity contribution in [3.63, 3.8) is 0 Å². The summed E-state index contributed by atoms with van der Waals surface area (Å²) in [6.45, 7) is 6.90. The molecule has 0 atom stereocenters. The Bertz CT molecular complexity index is 478. The molecular formula is C17H28F2IN3O. The minimum atomic E-state index is -0.555. The molecule has 0 heterocycles. The third kappa shape index (κ3) is 10.7. The van der Waals surface area contributed by atoms with Crippen LogP contribution in [-0.4, -0.2) is 39.3 Å². The normalized spacial score (nSPS) is 11.3. The predicted molar refractivity (Wildman–Crippen MR) is 105 cm³/mol. The first-order valence-electron chi connectivity index (χ1n) is 7.98. The fourth-order valence-corrected chi connectivity index (χ4v) is 1.96. The van der Waals surface area contributed by atoms with Crippen molar-refractivity contribution >= 4 is 29.9 Å². The zero-order valence-electron chi connectivity index (χ0n) is 14.6. The summed E-state index contributed by atoms with van der Waals surface area (Å²) in [4.78, 5) is 4.09. The number of halogens is 3. The molecule has 4 nitrogen and oxygen atoms in total. The van der Waals surface area contributed by atoms with Crippen molar-refractivity contribution in [1.29, 1.82) is 0 Å². The lowest BCUT2D eigenvalue weighted by Gasteiger charge is -2.12. The van der Waals surface area contributed by atoms with E-state index in [1.807, 2.05) is 0 Å². The number of nitrogens with one attached hydrogen (secondary N) is 2. The van der Waals surface area contributed by atoms with Crippen molar-refractivity contribution < 1.29 is 13.5 Å². The first-order valence-corrected chi connectivity index (χ1v) is 7.98. The van der Waals surface area contributed by atoms with Crippen LogP contribution >= 0.6 is 24.0 Å². The van der Waals surface area contributed by atoms with Gasteiger partial charge in [-0.25, -0.2) is 8.78 Å². The Balaban J connectivity index is 0.00000529. The van der Waals surface area contributed by atoms with E-state index in [0.29, 0.717) is 43.6 Å². The van der Waals surface area contributed by atoms with Gasteiger partial charge in [-0.15, -0.1) is 24.0 Å². The van der Waals surface area contributed by atoms with Crippen molar-refractivity contribution in [2.75, 3.05) is 33.4 Å². The molecule has 0 spiro atoms. The monoisotopic (exact) mass is 455 g/mol. The Morgan fingerprint density at radius 3 is 2.29 bits per heavy atom. The van der Waals surface area contributed by atoms with Gasteiger partial charge in [0.2, 0.25) is 0 Å². The highest BCUT2D eigenvalue weighted by atomic mass is 127. The van der Waals surface area contributed by atoms with Gasteiger partial charge in [-0.2, -0.15) is 0 Å². The first-order chi connectivity index (χ1) is 11.0. The van der Waals surface area contributed by atoms with Gasteiger partial charge in [-0.3, -0.25) is 4.99 Å². The zero-order chi connectivity index (χ0) is 17.1. The minimum Gasteiger partial charge on any atom is -0.380 e. The molecule has 138 valence electrons. The lowest BCUT2D eigenvalue weighted by Crippen LogP contribution is -2.39. The van der Waals surface area contributed by atoms with Gasteiger partial charge < -0.3 is 15.4 Å². The molecule has 1 aromatic rings. The highest BCUT2D eigenvalue weighted by Gasteiger charge is 2.02. The molecule has 0 aliphatic carbocycles. The Labute approximate surface area is 160 Å². The summed E-state index contributed by atoms with van der Waals surface area (Å²) in [6, 6.07) is 3.55. The number of hydrogen-bond donors (Lipinski definition) is 2. The molecule has 0 saturated carbocycles. The van der Waals surface area contributed by atoms with Gasteiger partial charge in [-0.1, -0.05) is 13.8 Å². The van der Waals surface area contributed by atoms with Gasteiger partial charge in [0, 0.05) is 32.8 Å². The van der Waals surface area contributed by atoms with E-state index in [4.69, 9.17) is 4.74 Å². The first kappa shape index (κ1) is 23.0. The number of aliphatic imine (C=N–C) groups is 1. The van der Waals surface area contributed by atoms with Gasteiger partial charge in [-0.05, 0) is 36.5 Å². The largest absolute Gasteiger partial charge is 0.380 e. The molecule has 0 saturated heterocycles. The molecule has 7 heteroatoms. The van der Waals surface area contributed by atoms with E-state index in [1.54, 1.807) is 7.05 Å². The van der Waals surface area contributed by atoms with Crippen LogP contribution in [0.3, 0.4) is 0 Å². The van der Waals surface area contributed by atoms with Crippen LogP contribution in [-0.2, 0) is 11.2 Å². The second-order valence-electron chi connectivity index (χ2n) is 5.75. The average molecular weight is 455 g/mol. The molecule has 0 aromatic heterocycles. The van der Waals surface area contributed by atoms with Crippen LogP contribution in [0.15, 0.2) is 23.2 Å². The van der Waals surface area contributed by atoms with Crippen LogP contribution in [0.2, 0.25) is 0 Å². The Morgan fingerprint density at radius 2 is 1.71 bits per heavy atom. The summed E-state index contributed by atoms with van der Waals surface area (Å²) in [5.74, 6) is 0.182. The van der Waals surface area contributed by atoms with Crippen LogP contribution in [0, 0.1) is 17.6 Å². The van der Waals surface area contributed by atoms with E-state index >= 15 is 0 Å². The number of rotatable bonds is 9. The van der Waals surface area contributed by atoms with Gasteiger partial charge >= 0.3 is 0 Å². The molecule has 0 fully saturated rings. The standard InChI is InChI=1S/C17H27F2N3O.HI/c1-13(2)5-8-23-9-7-22-17(20-3)21-6-4-14-10-15(18)12-16(19)11-14;/h10-13H,4-9H2,1-3H3,(H2,20,21,22);1H. The van der Waals surface area contributed by atoms with Gasteiger partial charge in [0.1, 0.15) is 11.6 Å². The lowest BCUT2D eigenvalue weighted by atomic mass is 10.1. The predicted octanol–water partition coefficient (Wildman–Crippen LogP) is 3.35. The number of hydrogen-bond acceptors (Lipinski definition) is 2. The molecule has 0 bridgehead atoms. The van der Waals surface area contributed by atoms with Crippen LogP contribution in [0.1, 0.15) is 25.8 Å². The average Bonchev–Trinajstić information content (AvgIpc) is 2.47. The van der Waals surface area contributed by atoms with Crippen LogP contribution < -0.4 is 10.6 Å². The highest BCUT2D eigenvalue weighted by Crippen LogP contribution is 2.08. The Kier molecular flexibility index (Phi) is 12.8. The molecule has 0 radical (unpaired) electrons. The molecule has 0 unspecified atom stereocenters. The molecule has 1 rings (SSSR count). The molecular weight excluding hydrogens is 427 g/mol. The fourth-order valence-electron chi connectivity index (χ4n) is 1.96. The molecule has 24 heavy (non-hydrogen) atoms. The van der Waals surface area contributed by atoms with E-state index in [0.717, 1.165) is 19.1 Å². The third-order valence-electron chi connectivity index (χ3n) is 3.23. The summed E-state index contributed by atoms with van der Waals surface area (Å²) in [5.41, 5.74) is 0.613. The summed E-state index contributed by atoms with van der Waals surface area (Å²) in [6.07, 6.45) is 1.57. The second kappa shape index (κ2) is 13.3. The van der Waals surface area contributed by atoms with E-state index in [9.17, 15) is 8.78 Å². The van der Waals surface area contributed by atoms with Gasteiger partial charge in [0.05, 0.1) is 6.61 Å². The zero-order valence-corrected chi connectivity index (χ0v) is 16.9. The second-order valence-corrected chi connectivity index (χ2v) is 5.75. The third-order valence-corrected chi connectivity index (χ3v) is 3.23. The number of guanidine groups is 1. The van der Waals surface area contributed by atoms with E-state index in [1.165, 1.54) is 12.1 Å². The highest BCUT2D eigenvalue weighted by molar-refractivity contribution is 14.0. The van der Waals surface area contributed by atoms with E-state index in [2.05, 4.69) is 29.5 Å². The van der Waals surface area contributed by atoms with Crippen LogP contribution in [0.4, 0.5) is 8.78 Å². The lowest BCUT2D eigenvalue weighted by molar-refractivity contribution is 0.128. The SMILES string of the molecule is CN=C(NCCOCCC(C)C)NCCc1cc(F)cc(F)c1.I. The summed E-state index contributed by atoms with van der Waals surface area (Å²) >= 11 is 0. The molecule has 0 aliphatic heterocycles. The fraction of sp³-hybridized carbons (Fsp3) is 0.588. The summed E-state index contributed by atoms with van der Waals surface area (Å²) in [7, 11) is 1.68. The van der Waals surface area contributed by atoms with Crippen molar-refractivity contribution in [1.82, 2.24) is 10.6 Å². The number of benzene rings is 1. The smallest absolute Gasteiger partial charge is 0.191 e. The Hall–Kier alpha value is -0.960. The molecule has 2 N–H and O–H groups in total. The molecule has 1 aromatic carbocycles. The van der Waals surface area contributed by atoms with Crippen LogP contribution in [0.5, 0.6) is 0 Å². The molecule has 0 amide bonds. The molecule has 0 aliphatic rings. The van der Waals surface area contributed by atoms with E-state index < -0.39 is 11.6 Å². The maximum Gasteiger partial charge on any atom is 0.191 e. The van der Waals surface area contributed by atoms with Crippen molar-refractivity contribution in [3.8, 4) is 0 Å². The number of ether oxygens (including phenoxy) is 1. The van der Waals surface area contributed by atoms with Gasteiger partial charge in [0.15, 0.2) is 5.96 Å². The van der Waals surface area contributed by atoms with Crippen LogP contribution in [0.25, 0.3) is 0 Å². The van der Waals surface area contributed by atoms with Crippen molar-refractivity contribution in [3.05, 3.63) is 35.4 Å². The topological polar surface area (TPSA) is 45.7 Å².